The Hall–Kier alpha value is -1.68. The molecule has 4 nitrogen and oxygen atoms in total. The Morgan fingerprint density at radius 2 is 1.89 bits per heavy atom. The first-order chi connectivity index (χ1) is 8.49. The molecule has 2 N–H and O–H groups in total. The van der Waals surface area contributed by atoms with Crippen LogP contribution < -0.4 is 10.5 Å². The van der Waals surface area contributed by atoms with Crippen LogP contribution in [0.3, 0.4) is 0 Å². The first-order valence-corrected chi connectivity index (χ1v) is 6.11. The molecule has 0 radical (unpaired) electrons. The number of nitrogens with two attached hydrogens (primary N) is 1. The van der Waals surface area contributed by atoms with Gasteiger partial charge in [0, 0.05) is 12.6 Å². The zero-order chi connectivity index (χ0) is 13.3. The number of anilines is 1. The van der Waals surface area contributed by atoms with Gasteiger partial charge in [-0.3, -0.25) is 0 Å². The van der Waals surface area contributed by atoms with Crippen molar-refractivity contribution in [1.29, 1.82) is 0 Å². The Kier molecular flexibility index (Phi) is 3.48. The average molecular weight is 266 g/mol. The molecule has 1 aromatic heterocycles. The topological polar surface area (TPSA) is 53.1 Å². The summed E-state index contributed by atoms with van der Waals surface area (Å²) in [6.07, 6.45) is 0.159. The predicted molar refractivity (Wildman–Crippen MR) is 73.8 cm³/mol. The van der Waals surface area contributed by atoms with E-state index in [2.05, 4.69) is 4.98 Å². The number of nitrogens with zero attached hydrogens (tertiary/aromatic N) is 2. The molecule has 1 heterocycles. The first kappa shape index (κ1) is 12.8. The van der Waals surface area contributed by atoms with Crippen molar-refractivity contribution in [3.63, 3.8) is 0 Å². The summed E-state index contributed by atoms with van der Waals surface area (Å²) in [5.41, 5.74) is 7.49. The monoisotopic (exact) mass is 265 g/mol. The Balaban J connectivity index is 2.34. The van der Waals surface area contributed by atoms with E-state index < -0.39 is 0 Å². The molecule has 96 valence electrons. The molecule has 0 aliphatic carbocycles. The third kappa shape index (κ3) is 2.43. The number of hydrogen-bond acceptors (Lipinski definition) is 3. The van der Waals surface area contributed by atoms with E-state index in [1.165, 1.54) is 0 Å². The molecule has 0 unspecified atom stereocenters. The Bertz CT molecular complexity index is 546. The highest BCUT2D eigenvalue weighted by molar-refractivity contribution is 6.32. The fraction of sp³-hybridized carbons (Fsp3) is 0.308. The summed E-state index contributed by atoms with van der Waals surface area (Å²) in [6.45, 7) is 3.99. The van der Waals surface area contributed by atoms with E-state index in [4.69, 9.17) is 22.1 Å². The summed E-state index contributed by atoms with van der Waals surface area (Å²) in [5, 5.41) is 0.410. The maximum absolute atomic E-state index is 6.07. The second kappa shape index (κ2) is 4.90. The molecule has 2 aromatic rings. The summed E-state index contributed by atoms with van der Waals surface area (Å²) in [4.78, 5) is 4.03. The molecular weight excluding hydrogens is 250 g/mol. The Morgan fingerprint density at radius 1 is 1.28 bits per heavy atom. The third-order valence-electron chi connectivity index (χ3n) is 2.59. The lowest BCUT2D eigenvalue weighted by Crippen LogP contribution is -2.05. The van der Waals surface area contributed by atoms with Gasteiger partial charge in [0.05, 0.1) is 11.8 Å². The number of rotatable bonds is 3. The van der Waals surface area contributed by atoms with Crippen LogP contribution in [-0.2, 0) is 7.05 Å². The molecule has 0 fully saturated rings. The van der Waals surface area contributed by atoms with Crippen molar-refractivity contribution in [1.82, 2.24) is 9.55 Å². The second-order valence-corrected chi connectivity index (χ2v) is 4.72. The van der Waals surface area contributed by atoms with Gasteiger partial charge in [0.25, 0.3) is 0 Å². The summed E-state index contributed by atoms with van der Waals surface area (Å²) in [7, 11) is 1.84. The van der Waals surface area contributed by atoms with Gasteiger partial charge in [-0.05, 0) is 38.1 Å². The molecule has 2 rings (SSSR count). The van der Waals surface area contributed by atoms with Gasteiger partial charge in [-0.2, -0.15) is 0 Å². The average Bonchev–Trinajstić information content (AvgIpc) is 2.54. The van der Waals surface area contributed by atoms with Gasteiger partial charge in [-0.15, -0.1) is 0 Å². The molecule has 0 saturated carbocycles. The number of imidazole rings is 1. The fourth-order valence-corrected chi connectivity index (χ4v) is 2.08. The highest BCUT2D eigenvalue weighted by Crippen LogP contribution is 2.30. The minimum atomic E-state index is 0.159. The molecule has 18 heavy (non-hydrogen) atoms. The molecule has 0 spiro atoms. The standard InChI is InChI=1S/C13H16ClN3O/c1-8(2)18-10-6-4-9(5-7-10)11-12(14)16-13(15)17(11)3/h4-8H,1-3H3,(H2,15,16). The minimum Gasteiger partial charge on any atom is -0.491 e. The molecular formula is C13H16ClN3O. The van der Waals surface area contributed by atoms with Gasteiger partial charge >= 0.3 is 0 Å². The van der Waals surface area contributed by atoms with Gasteiger partial charge < -0.3 is 15.0 Å². The Labute approximate surface area is 111 Å². The van der Waals surface area contributed by atoms with E-state index in [0.717, 1.165) is 17.0 Å². The fourth-order valence-electron chi connectivity index (χ4n) is 1.76. The highest BCUT2D eigenvalue weighted by Gasteiger charge is 2.12. The van der Waals surface area contributed by atoms with E-state index in [9.17, 15) is 0 Å². The normalized spacial score (nSPS) is 10.9. The molecule has 0 amide bonds. The van der Waals surface area contributed by atoms with Crippen LogP contribution in [-0.4, -0.2) is 15.7 Å². The van der Waals surface area contributed by atoms with E-state index in [-0.39, 0.29) is 6.10 Å². The van der Waals surface area contributed by atoms with Gasteiger partial charge in [0.15, 0.2) is 5.15 Å². The lowest BCUT2D eigenvalue weighted by atomic mass is 10.1. The number of hydrogen-bond donors (Lipinski definition) is 1. The van der Waals surface area contributed by atoms with Crippen LogP contribution in [0.4, 0.5) is 5.95 Å². The van der Waals surface area contributed by atoms with E-state index >= 15 is 0 Å². The van der Waals surface area contributed by atoms with Crippen molar-refractivity contribution >= 4 is 17.5 Å². The first-order valence-electron chi connectivity index (χ1n) is 5.74. The van der Waals surface area contributed by atoms with Crippen molar-refractivity contribution < 1.29 is 4.74 Å². The summed E-state index contributed by atoms with van der Waals surface area (Å²) in [6, 6.07) is 7.71. The van der Waals surface area contributed by atoms with Crippen LogP contribution in [0.25, 0.3) is 11.3 Å². The van der Waals surface area contributed by atoms with E-state index in [0.29, 0.717) is 11.1 Å². The van der Waals surface area contributed by atoms with Gasteiger partial charge in [0.1, 0.15) is 5.75 Å². The van der Waals surface area contributed by atoms with Crippen molar-refractivity contribution in [3.05, 3.63) is 29.4 Å². The zero-order valence-corrected chi connectivity index (χ0v) is 11.4. The maximum atomic E-state index is 6.07. The largest absolute Gasteiger partial charge is 0.491 e. The van der Waals surface area contributed by atoms with Crippen LogP contribution in [0.5, 0.6) is 5.75 Å². The number of ether oxygens (including phenoxy) is 1. The highest BCUT2D eigenvalue weighted by atomic mass is 35.5. The van der Waals surface area contributed by atoms with Gasteiger partial charge in [-0.25, -0.2) is 4.98 Å². The zero-order valence-electron chi connectivity index (χ0n) is 10.6. The van der Waals surface area contributed by atoms with Gasteiger partial charge in [0.2, 0.25) is 5.95 Å². The smallest absolute Gasteiger partial charge is 0.201 e. The summed E-state index contributed by atoms with van der Waals surface area (Å²) < 4.78 is 7.36. The van der Waals surface area contributed by atoms with Crippen molar-refractivity contribution in [3.8, 4) is 17.0 Å². The number of aromatic nitrogens is 2. The quantitative estimate of drug-likeness (QED) is 0.928. The van der Waals surface area contributed by atoms with Crippen LogP contribution in [0, 0.1) is 0 Å². The van der Waals surface area contributed by atoms with Crippen LogP contribution in [0.1, 0.15) is 13.8 Å². The Morgan fingerprint density at radius 3 is 2.33 bits per heavy atom. The van der Waals surface area contributed by atoms with Crippen molar-refractivity contribution in [2.24, 2.45) is 7.05 Å². The van der Waals surface area contributed by atoms with Crippen LogP contribution in [0.15, 0.2) is 24.3 Å². The number of nitrogen functional groups attached to an aromatic ring is 1. The predicted octanol–water partition coefficient (Wildman–Crippen LogP) is 3.11. The molecule has 0 aliphatic heterocycles. The second-order valence-electron chi connectivity index (χ2n) is 4.36. The number of halogens is 1. The lowest BCUT2D eigenvalue weighted by Gasteiger charge is -2.10. The minimum absolute atomic E-state index is 0.159. The van der Waals surface area contributed by atoms with E-state index in [1.54, 1.807) is 4.57 Å². The molecule has 0 aliphatic rings. The molecule has 1 aromatic carbocycles. The van der Waals surface area contributed by atoms with Crippen molar-refractivity contribution in [2.45, 2.75) is 20.0 Å². The molecule has 0 bridgehead atoms. The van der Waals surface area contributed by atoms with Crippen LogP contribution in [0.2, 0.25) is 5.15 Å². The van der Waals surface area contributed by atoms with Crippen LogP contribution >= 0.6 is 11.6 Å². The SMILES string of the molecule is CC(C)Oc1ccc(-c2c(Cl)nc(N)n2C)cc1. The molecule has 0 atom stereocenters. The van der Waals surface area contributed by atoms with Gasteiger partial charge in [-0.1, -0.05) is 11.6 Å². The maximum Gasteiger partial charge on any atom is 0.201 e. The third-order valence-corrected chi connectivity index (χ3v) is 2.85. The summed E-state index contributed by atoms with van der Waals surface area (Å²) >= 11 is 6.07. The summed E-state index contributed by atoms with van der Waals surface area (Å²) in [5.74, 6) is 1.23. The van der Waals surface area contributed by atoms with E-state index in [1.807, 2.05) is 45.2 Å². The number of benzene rings is 1. The lowest BCUT2D eigenvalue weighted by molar-refractivity contribution is 0.242. The molecule has 5 heteroatoms. The van der Waals surface area contributed by atoms with Crippen molar-refractivity contribution in [2.75, 3.05) is 5.73 Å². The molecule has 0 saturated heterocycles.